The van der Waals surface area contributed by atoms with Gasteiger partial charge in [-0.3, -0.25) is 9.69 Å². The summed E-state index contributed by atoms with van der Waals surface area (Å²) in [6.07, 6.45) is 1.61. The van der Waals surface area contributed by atoms with Gasteiger partial charge in [-0.15, -0.1) is 0 Å². The van der Waals surface area contributed by atoms with E-state index in [1.54, 1.807) is 0 Å². The van der Waals surface area contributed by atoms with Crippen molar-refractivity contribution in [2.24, 2.45) is 0 Å². The van der Waals surface area contributed by atoms with Gasteiger partial charge in [0, 0.05) is 43.8 Å². The van der Waals surface area contributed by atoms with E-state index in [1.165, 1.54) is 12.1 Å². The summed E-state index contributed by atoms with van der Waals surface area (Å²) >= 11 is 3.41. The van der Waals surface area contributed by atoms with E-state index in [-0.39, 0.29) is 17.8 Å². The first-order valence-electron chi connectivity index (χ1n) is 7.70. The molecule has 1 amide bonds. The molecule has 2 aliphatic heterocycles. The maximum Gasteiger partial charge on any atom is 0.251 e. The van der Waals surface area contributed by atoms with Crippen molar-refractivity contribution >= 4 is 21.8 Å². The molecule has 1 aromatic rings. The van der Waals surface area contributed by atoms with Crippen molar-refractivity contribution in [1.29, 1.82) is 0 Å². The van der Waals surface area contributed by atoms with E-state index in [2.05, 4.69) is 20.8 Å². The molecule has 0 bridgehead atoms. The van der Waals surface area contributed by atoms with Crippen LogP contribution >= 0.6 is 15.9 Å². The second-order valence-corrected chi connectivity index (χ2v) is 6.69. The lowest BCUT2D eigenvalue weighted by Crippen LogP contribution is -2.51. The van der Waals surface area contributed by atoms with Gasteiger partial charge in [0.25, 0.3) is 5.91 Å². The normalized spacial score (nSPS) is 23.0. The summed E-state index contributed by atoms with van der Waals surface area (Å²) in [5.41, 5.74) is 1.07. The first-order chi connectivity index (χ1) is 10.6. The van der Waals surface area contributed by atoms with Crippen LogP contribution in [0.4, 0.5) is 4.39 Å². The summed E-state index contributed by atoms with van der Waals surface area (Å²) in [6, 6.07) is 4.78. The Morgan fingerprint density at radius 1 is 1.32 bits per heavy atom. The first kappa shape index (κ1) is 15.9. The quantitative estimate of drug-likeness (QED) is 0.818. The molecule has 0 spiro atoms. The number of hydrogen-bond acceptors (Lipinski definition) is 3. The third-order valence-corrected chi connectivity index (χ3v) is 5.04. The first-order valence-corrected chi connectivity index (χ1v) is 8.49. The van der Waals surface area contributed by atoms with Gasteiger partial charge in [0.1, 0.15) is 11.9 Å². The minimum absolute atomic E-state index is 0.139. The summed E-state index contributed by atoms with van der Waals surface area (Å²) in [7, 11) is 0. The maximum atomic E-state index is 13.1. The number of amides is 1. The largest absolute Gasteiger partial charge is 0.368 e. The van der Waals surface area contributed by atoms with E-state index in [0.717, 1.165) is 55.6 Å². The topological polar surface area (TPSA) is 32.8 Å². The van der Waals surface area contributed by atoms with Crippen molar-refractivity contribution < 1.29 is 13.9 Å². The van der Waals surface area contributed by atoms with Gasteiger partial charge in [0.15, 0.2) is 0 Å². The summed E-state index contributed by atoms with van der Waals surface area (Å²) in [5, 5.41) is 0. The number of benzene rings is 1. The third kappa shape index (κ3) is 3.67. The smallest absolute Gasteiger partial charge is 0.251 e. The Morgan fingerprint density at radius 2 is 2.09 bits per heavy atom. The van der Waals surface area contributed by atoms with Crippen LogP contribution in [0.2, 0.25) is 0 Å². The van der Waals surface area contributed by atoms with E-state index in [4.69, 9.17) is 4.74 Å². The molecule has 3 rings (SSSR count). The van der Waals surface area contributed by atoms with E-state index in [9.17, 15) is 9.18 Å². The van der Waals surface area contributed by atoms with Crippen molar-refractivity contribution in [3.8, 4) is 0 Å². The van der Waals surface area contributed by atoms with Crippen LogP contribution in [0.25, 0.3) is 0 Å². The average molecular weight is 371 g/mol. The molecule has 0 saturated carbocycles. The minimum atomic E-state index is -0.234. The van der Waals surface area contributed by atoms with Crippen LogP contribution in [0.1, 0.15) is 18.4 Å². The van der Waals surface area contributed by atoms with Gasteiger partial charge in [0.05, 0.1) is 0 Å². The zero-order valence-corrected chi connectivity index (χ0v) is 14.0. The Hall–Kier alpha value is -0.980. The molecule has 0 aromatic heterocycles. The summed E-state index contributed by atoms with van der Waals surface area (Å²) in [5.74, 6) is -0.0947. The van der Waals surface area contributed by atoms with Crippen LogP contribution < -0.4 is 0 Å². The van der Waals surface area contributed by atoms with Gasteiger partial charge < -0.3 is 9.64 Å². The fourth-order valence-electron chi connectivity index (χ4n) is 2.99. The fraction of sp³-hybridized carbons (Fsp3) is 0.562. The summed E-state index contributed by atoms with van der Waals surface area (Å²) in [4.78, 5) is 16.5. The monoisotopic (exact) mass is 370 g/mol. The highest BCUT2D eigenvalue weighted by atomic mass is 79.9. The minimum Gasteiger partial charge on any atom is -0.368 e. The number of carbonyl (C=O) groups is 1. The number of carbonyl (C=O) groups excluding carboxylic acids is 1. The van der Waals surface area contributed by atoms with E-state index < -0.39 is 0 Å². The third-order valence-electron chi connectivity index (χ3n) is 4.30. The Kier molecular flexibility index (Phi) is 5.10. The van der Waals surface area contributed by atoms with Crippen LogP contribution in [-0.4, -0.2) is 54.6 Å². The highest BCUT2D eigenvalue weighted by Crippen LogP contribution is 2.21. The van der Waals surface area contributed by atoms with Gasteiger partial charge in [-0.05, 0) is 30.5 Å². The second kappa shape index (κ2) is 7.06. The van der Waals surface area contributed by atoms with Gasteiger partial charge in [0.2, 0.25) is 0 Å². The number of ether oxygens (including phenoxy) is 1. The van der Waals surface area contributed by atoms with Crippen LogP contribution in [0, 0.1) is 5.82 Å². The van der Waals surface area contributed by atoms with Gasteiger partial charge in [-0.25, -0.2) is 4.39 Å². The average Bonchev–Trinajstić information content (AvgIpc) is 3.04. The SMILES string of the molecule is O=C(C1CCCO1)N1CCN(Cc2ccc(F)cc2Br)CC1. The van der Waals surface area contributed by atoms with E-state index >= 15 is 0 Å². The lowest BCUT2D eigenvalue weighted by Gasteiger charge is -2.35. The van der Waals surface area contributed by atoms with Crippen LogP contribution in [0.5, 0.6) is 0 Å². The molecule has 0 N–H and O–H groups in total. The molecular weight excluding hydrogens is 351 g/mol. The lowest BCUT2D eigenvalue weighted by molar-refractivity contribution is -0.142. The molecule has 2 saturated heterocycles. The predicted octanol–water partition coefficient (Wildman–Crippen LogP) is 2.41. The Labute approximate surface area is 138 Å². The molecule has 0 aliphatic carbocycles. The maximum absolute atomic E-state index is 13.1. The second-order valence-electron chi connectivity index (χ2n) is 5.84. The van der Waals surface area contributed by atoms with Crippen molar-refractivity contribution in [3.63, 3.8) is 0 Å². The number of piperazine rings is 1. The molecule has 120 valence electrons. The zero-order chi connectivity index (χ0) is 15.5. The highest BCUT2D eigenvalue weighted by molar-refractivity contribution is 9.10. The molecule has 1 aromatic carbocycles. The number of halogens is 2. The van der Waals surface area contributed by atoms with Crippen molar-refractivity contribution in [1.82, 2.24) is 9.80 Å². The van der Waals surface area contributed by atoms with Crippen LogP contribution in [0.3, 0.4) is 0 Å². The molecule has 2 aliphatic rings. The molecule has 2 fully saturated rings. The molecule has 22 heavy (non-hydrogen) atoms. The van der Waals surface area contributed by atoms with Crippen molar-refractivity contribution in [2.45, 2.75) is 25.5 Å². The van der Waals surface area contributed by atoms with Crippen LogP contribution in [-0.2, 0) is 16.1 Å². The van der Waals surface area contributed by atoms with Crippen LogP contribution in [0.15, 0.2) is 22.7 Å². The number of hydrogen-bond donors (Lipinski definition) is 0. The molecule has 6 heteroatoms. The lowest BCUT2D eigenvalue weighted by atomic mass is 10.1. The van der Waals surface area contributed by atoms with Gasteiger partial charge >= 0.3 is 0 Å². The molecular formula is C16H20BrFN2O2. The zero-order valence-electron chi connectivity index (χ0n) is 12.4. The summed E-state index contributed by atoms with van der Waals surface area (Å²) in [6.45, 7) is 4.61. The van der Waals surface area contributed by atoms with E-state index in [0.29, 0.717) is 6.61 Å². The molecule has 4 nitrogen and oxygen atoms in total. The molecule has 0 radical (unpaired) electrons. The molecule has 2 heterocycles. The number of rotatable bonds is 3. The molecule has 1 atom stereocenters. The van der Waals surface area contributed by atoms with Crippen molar-refractivity contribution in [2.75, 3.05) is 32.8 Å². The number of nitrogens with zero attached hydrogens (tertiary/aromatic N) is 2. The fourth-order valence-corrected chi connectivity index (χ4v) is 3.47. The Balaban J connectivity index is 1.52. The van der Waals surface area contributed by atoms with Gasteiger partial charge in [-0.2, -0.15) is 0 Å². The highest BCUT2D eigenvalue weighted by Gasteiger charge is 2.30. The summed E-state index contributed by atoms with van der Waals surface area (Å²) < 4.78 is 19.4. The Bertz CT molecular complexity index is 541. The predicted molar refractivity (Wildman–Crippen MR) is 84.9 cm³/mol. The standard InChI is InChI=1S/C16H20BrFN2O2/c17-14-10-13(18)4-3-12(14)11-19-5-7-20(8-6-19)16(21)15-2-1-9-22-15/h3-4,10,15H,1-2,5-9,11H2. The van der Waals surface area contributed by atoms with Gasteiger partial charge in [-0.1, -0.05) is 22.0 Å². The Morgan fingerprint density at radius 3 is 2.73 bits per heavy atom. The van der Waals surface area contributed by atoms with E-state index in [1.807, 2.05) is 11.0 Å². The van der Waals surface area contributed by atoms with Crippen molar-refractivity contribution in [3.05, 3.63) is 34.1 Å². The molecule has 1 unspecified atom stereocenters.